The van der Waals surface area contributed by atoms with Gasteiger partial charge in [0.25, 0.3) is 0 Å². The van der Waals surface area contributed by atoms with Crippen molar-refractivity contribution in [1.82, 2.24) is 4.57 Å². The van der Waals surface area contributed by atoms with Crippen LogP contribution in [-0.4, -0.2) is 10.4 Å². The molecule has 1 aromatic heterocycles. The summed E-state index contributed by atoms with van der Waals surface area (Å²) in [7, 11) is 0. The maximum Gasteiger partial charge on any atom is 0.0491 e. The van der Waals surface area contributed by atoms with Crippen LogP contribution in [0.15, 0.2) is 48.5 Å². The number of fused-ring (bicyclic) bond motifs is 3. The molecule has 2 aromatic carbocycles. The molecule has 0 N–H and O–H groups in total. The third kappa shape index (κ3) is 2.43. The molecule has 0 fully saturated rings. The molecule has 0 bridgehead atoms. The van der Waals surface area contributed by atoms with Crippen molar-refractivity contribution >= 4 is 33.4 Å². The first kappa shape index (κ1) is 13.5. The summed E-state index contributed by atoms with van der Waals surface area (Å²) in [5.74, 6) is 1.43. The maximum atomic E-state index is 5.84. The molecule has 1 atom stereocenters. The van der Waals surface area contributed by atoms with Gasteiger partial charge in [-0.15, -0.1) is 11.6 Å². The van der Waals surface area contributed by atoms with Gasteiger partial charge in [-0.2, -0.15) is 0 Å². The molecule has 1 heterocycles. The third-order valence-corrected chi connectivity index (χ3v) is 4.35. The molecule has 0 radical (unpaired) electrons. The van der Waals surface area contributed by atoms with Crippen molar-refractivity contribution in [2.24, 2.45) is 5.92 Å². The van der Waals surface area contributed by atoms with Crippen molar-refractivity contribution in [2.45, 2.75) is 26.3 Å². The zero-order chi connectivity index (χ0) is 13.9. The van der Waals surface area contributed by atoms with Gasteiger partial charge in [0.1, 0.15) is 0 Å². The van der Waals surface area contributed by atoms with E-state index in [-0.39, 0.29) is 0 Å². The molecule has 0 spiro atoms. The largest absolute Gasteiger partial charge is 0.340 e. The summed E-state index contributed by atoms with van der Waals surface area (Å²) < 4.78 is 2.45. The molecule has 1 nitrogen and oxygen atoms in total. The van der Waals surface area contributed by atoms with Crippen LogP contribution >= 0.6 is 11.6 Å². The van der Waals surface area contributed by atoms with E-state index in [9.17, 15) is 0 Å². The Hall–Kier alpha value is -1.47. The molecule has 2 heteroatoms. The summed E-state index contributed by atoms with van der Waals surface area (Å²) >= 11 is 5.84. The molecule has 0 aliphatic carbocycles. The van der Waals surface area contributed by atoms with Crippen molar-refractivity contribution in [3.63, 3.8) is 0 Å². The fourth-order valence-electron chi connectivity index (χ4n) is 2.92. The van der Waals surface area contributed by atoms with Gasteiger partial charge in [-0.3, -0.25) is 0 Å². The van der Waals surface area contributed by atoms with Gasteiger partial charge in [-0.1, -0.05) is 43.3 Å². The summed E-state index contributed by atoms with van der Waals surface area (Å²) in [6.07, 6.45) is 2.27. The van der Waals surface area contributed by atoms with E-state index in [4.69, 9.17) is 11.6 Å². The Morgan fingerprint density at radius 3 is 2.00 bits per heavy atom. The summed E-state index contributed by atoms with van der Waals surface area (Å²) in [4.78, 5) is 0. The van der Waals surface area contributed by atoms with Gasteiger partial charge in [0, 0.05) is 34.2 Å². The first-order valence-electron chi connectivity index (χ1n) is 7.33. The maximum absolute atomic E-state index is 5.84. The molecule has 20 heavy (non-hydrogen) atoms. The smallest absolute Gasteiger partial charge is 0.0491 e. The molecular weight excluding hydrogens is 266 g/mol. The van der Waals surface area contributed by atoms with Crippen molar-refractivity contribution in [3.8, 4) is 0 Å². The summed E-state index contributed by atoms with van der Waals surface area (Å²) in [5, 5.41) is 2.71. The summed E-state index contributed by atoms with van der Waals surface area (Å²) in [6.45, 7) is 3.35. The van der Waals surface area contributed by atoms with Crippen LogP contribution in [0, 0.1) is 5.92 Å². The van der Waals surface area contributed by atoms with E-state index in [1.807, 2.05) is 0 Å². The fourth-order valence-corrected chi connectivity index (χ4v) is 3.30. The Kier molecular flexibility index (Phi) is 3.98. The minimum absolute atomic E-state index is 0.674. The lowest BCUT2D eigenvalue weighted by molar-refractivity contribution is 0.480. The van der Waals surface area contributed by atoms with Crippen LogP contribution in [0.5, 0.6) is 0 Å². The van der Waals surface area contributed by atoms with E-state index in [1.54, 1.807) is 0 Å². The van der Waals surface area contributed by atoms with E-state index < -0.39 is 0 Å². The number of halogens is 1. The number of benzene rings is 2. The number of aromatic nitrogens is 1. The monoisotopic (exact) mass is 285 g/mol. The average Bonchev–Trinajstić information content (AvgIpc) is 2.80. The zero-order valence-electron chi connectivity index (χ0n) is 11.8. The van der Waals surface area contributed by atoms with Crippen molar-refractivity contribution < 1.29 is 0 Å². The van der Waals surface area contributed by atoms with Gasteiger partial charge in [-0.05, 0) is 30.9 Å². The van der Waals surface area contributed by atoms with Gasteiger partial charge in [0.15, 0.2) is 0 Å². The predicted octanol–water partition coefficient (Wildman–Crippen LogP) is 5.45. The second-order valence-electron chi connectivity index (χ2n) is 5.56. The van der Waals surface area contributed by atoms with E-state index >= 15 is 0 Å². The number of nitrogens with zero attached hydrogens (tertiary/aromatic N) is 1. The van der Waals surface area contributed by atoms with Crippen LogP contribution in [0.4, 0.5) is 0 Å². The van der Waals surface area contributed by atoms with Crippen LogP contribution in [0.1, 0.15) is 19.8 Å². The topological polar surface area (TPSA) is 4.93 Å². The summed E-state index contributed by atoms with van der Waals surface area (Å²) in [5.41, 5.74) is 2.68. The van der Waals surface area contributed by atoms with Crippen LogP contribution < -0.4 is 0 Å². The Bertz CT molecular complexity index is 660. The number of hydrogen-bond acceptors (Lipinski definition) is 0. The molecule has 1 unspecified atom stereocenters. The van der Waals surface area contributed by atoms with Crippen LogP contribution in [0.25, 0.3) is 21.8 Å². The molecule has 0 aliphatic rings. The quantitative estimate of drug-likeness (QED) is 0.549. The van der Waals surface area contributed by atoms with Crippen LogP contribution in [0.2, 0.25) is 0 Å². The Labute approximate surface area is 125 Å². The fraction of sp³-hybridized carbons (Fsp3) is 0.333. The molecule has 104 valence electrons. The highest BCUT2D eigenvalue weighted by molar-refractivity contribution is 6.17. The average molecular weight is 286 g/mol. The number of para-hydroxylation sites is 2. The highest BCUT2D eigenvalue weighted by Gasteiger charge is 2.10. The molecule has 0 saturated heterocycles. The van der Waals surface area contributed by atoms with Gasteiger partial charge in [0.05, 0.1) is 0 Å². The lowest BCUT2D eigenvalue weighted by Crippen LogP contribution is -2.04. The molecule has 0 amide bonds. The Morgan fingerprint density at radius 1 is 0.900 bits per heavy atom. The Balaban J connectivity index is 2.03. The van der Waals surface area contributed by atoms with E-state index in [2.05, 4.69) is 60.0 Å². The van der Waals surface area contributed by atoms with Crippen molar-refractivity contribution in [2.75, 3.05) is 5.88 Å². The van der Waals surface area contributed by atoms with E-state index in [1.165, 1.54) is 28.2 Å². The minimum Gasteiger partial charge on any atom is -0.340 e. The highest BCUT2D eigenvalue weighted by Crippen LogP contribution is 2.29. The SMILES string of the molecule is CC(CCCl)CCn1c2ccccc2c2ccccc21. The van der Waals surface area contributed by atoms with Crippen LogP contribution in [-0.2, 0) is 6.54 Å². The molecule has 0 saturated carbocycles. The molecule has 3 rings (SSSR count). The lowest BCUT2D eigenvalue weighted by Gasteiger charge is -2.12. The van der Waals surface area contributed by atoms with E-state index in [0.29, 0.717) is 5.92 Å². The van der Waals surface area contributed by atoms with Gasteiger partial charge >= 0.3 is 0 Å². The van der Waals surface area contributed by atoms with Crippen molar-refractivity contribution in [1.29, 1.82) is 0 Å². The van der Waals surface area contributed by atoms with Crippen LogP contribution in [0.3, 0.4) is 0 Å². The summed E-state index contributed by atoms with van der Waals surface area (Å²) in [6, 6.07) is 17.4. The number of rotatable bonds is 5. The molecule has 3 aromatic rings. The highest BCUT2D eigenvalue weighted by atomic mass is 35.5. The Morgan fingerprint density at radius 2 is 1.45 bits per heavy atom. The normalized spacial score (nSPS) is 13.1. The molecule has 0 aliphatic heterocycles. The van der Waals surface area contributed by atoms with E-state index in [0.717, 1.165) is 18.8 Å². The van der Waals surface area contributed by atoms with Gasteiger partial charge in [0.2, 0.25) is 0 Å². The first-order chi connectivity index (χ1) is 9.81. The number of alkyl halides is 1. The zero-order valence-corrected chi connectivity index (χ0v) is 12.6. The number of hydrogen-bond donors (Lipinski definition) is 0. The van der Waals surface area contributed by atoms with Gasteiger partial charge in [-0.25, -0.2) is 0 Å². The van der Waals surface area contributed by atoms with Gasteiger partial charge < -0.3 is 4.57 Å². The standard InChI is InChI=1S/C18H20ClN/c1-14(10-12-19)11-13-20-17-8-4-2-6-15(17)16-7-3-5-9-18(16)20/h2-9,14H,10-13H2,1H3. The third-order valence-electron chi connectivity index (χ3n) is 4.13. The predicted molar refractivity (Wildman–Crippen MR) is 88.6 cm³/mol. The molecular formula is C18H20ClN. The second-order valence-corrected chi connectivity index (χ2v) is 5.94. The second kappa shape index (κ2) is 5.88. The lowest BCUT2D eigenvalue weighted by atomic mass is 10.1. The van der Waals surface area contributed by atoms with Crippen molar-refractivity contribution in [3.05, 3.63) is 48.5 Å². The number of aryl methyl sites for hydroxylation is 1. The first-order valence-corrected chi connectivity index (χ1v) is 7.86. The minimum atomic E-state index is 0.674.